The van der Waals surface area contributed by atoms with E-state index in [0.717, 1.165) is 25.9 Å². The van der Waals surface area contributed by atoms with Crippen molar-refractivity contribution in [2.75, 3.05) is 18.0 Å². The summed E-state index contributed by atoms with van der Waals surface area (Å²) in [6, 6.07) is 0. The van der Waals surface area contributed by atoms with E-state index in [4.69, 9.17) is 0 Å². The number of rotatable bonds is 1. The number of aryl methyl sites for hydroxylation is 1. The van der Waals surface area contributed by atoms with Crippen molar-refractivity contribution in [1.82, 2.24) is 19.9 Å². The van der Waals surface area contributed by atoms with Crippen molar-refractivity contribution in [1.29, 1.82) is 0 Å². The summed E-state index contributed by atoms with van der Waals surface area (Å²) in [6.45, 7) is 3.73. The topological polar surface area (TPSA) is 77.7 Å². The van der Waals surface area contributed by atoms with Crippen molar-refractivity contribution in [3.8, 4) is 0 Å². The summed E-state index contributed by atoms with van der Waals surface area (Å²) in [5.41, 5.74) is 0.816. The van der Waals surface area contributed by atoms with E-state index in [1.165, 1.54) is 0 Å². The van der Waals surface area contributed by atoms with E-state index in [9.17, 15) is 4.79 Å². The van der Waals surface area contributed by atoms with Crippen LogP contribution in [0.4, 0.5) is 5.95 Å². The van der Waals surface area contributed by atoms with Crippen molar-refractivity contribution in [3.63, 3.8) is 0 Å². The predicted molar refractivity (Wildman–Crippen MR) is 60.7 cm³/mol. The third-order valence-corrected chi connectivity index (χ3v) is 2.87. The van der Waals surface area contributed by atoms with Gasteiger partial charge in [0.05, 0.1) is 0 Å². The zero-order valence-electron chi connectivity index (χ0n) is 9.08. The quantitative estimate of drug-likeness (QED) is 0.734. The van der Waals surface area contributed by atoms with Crippen molar-refractivity contribution in [2.45, 2.75) is 19.8 Å². The molecule has 3 rings (SSSR count). The van der Waals surface area contributed by atoms with Gasteiger partial charge in [0, 0.05) is 13.1 Å². The standard InChI is InChI=1S/C10H13N5O/c1-6-11-7-8(12-6)13-10(14-9(7)16)15-4-2-3-5-15/h2-5H2,1H3,(H2,11,12,13,14,16). The van der Waals surface area contributed by atoms with E-state index in [1.54, 1.807) is 0 Å². The van der Waals surface area contributed by atoms with Crippen molar-refractivity contribution < 1.29 is 0 Å². The number of aromatic amines is 2. The third kappa shape index (κ3) is 1.37. The fourth-order valence-corrected chi connectivity index (χ4v) is 2.09. The maximum atomic E-state index is 11.8. The van der Waals surface area contributed by atoms with Crippen LogP contribution in [0, 0.1) is 6.92 Å². The van der Waals surface area contributed by atoms with Crippen LogP contribution in [0.25, 0.3) is 11.2 Å². The zero-order valence-corrected chi connectivity index (χ0v) is 9.08. The second kappa shape index (κ2) is 3.33. The SMILES string of the molecule is Cc1nc2nc(N3CCCC3)[nH]c(=O)c2[nH]1. The number of hydrogen-bond acceptors (Lipinski definition) is 4. The van der Waals surface area contributed by atoms with E-state index >= 15 is 0 Å². The highest BCUT2D eigenvalue weighted by atomic mass is 16.1. The lowest BCUT2D eigenvalue weighted by Crippen LogP contribution is -2.23. The summed E-state index contributed by atoms with van der Waals surface area (Å²) in [6.07, 6.45) is 2.31. The average Bonchev–Trinajstić information content (AvgIpc) is 2.84. The maximum Gasteiger partial charge on any atom is 0.278 e. The van der Waals surface area contributed by atoms with Gasteiger partial charge in [-0.25, -0.2) is 4.98 Å². The fourth-order valence-electron chi connectivity index (χ4n) is 2.09. The second-order valence-electron chi connectivity index (χ2n) is 4.10. The summed E-state index contributed by atoms with van der Waals surface area (Å²) < 4.78 is 0. The predicted octanol–water partition coefficient (Wildman–Crippen LogP) is 0.555. The van der Waals surface area contributed by atoms with Gasteiger partial charge < -0.3 is 9.88 Å². The van der Waals surface area contributed by atoms with Gasteiger partial charge in [-0.05, 0) is 19.8 Å². The molecule has 0 atom stereocenters. The van der Waals surface area contributed by atoms with Gasteiger partial charge >= 0.3 is 0 Å². The van der Waals surface area contributed by atoms with Crippen LogP contribution in [0.3, 0.4) is 0 Å². The largest absolute Gasteiger partial charge is 0.342 e. The summed E-state index contributed by atoms with van der Waals surface area (Å²) in [5.74, 6) is 1.35. The average molecular weight is 219 g/mol. The van der Waals surface area contributed by atoms with Crippen LogP contribution in [0.15, 0.2) is 4.79 Å². The number of nitrogens with one attached hydrogen (secondary N) is 2. The second-order valence-corrected chi connectivity index (χ2v) is 4.10. The van der Waals surface area contributed by atoms with Crippen LogP contribution in [0.5, 0.6) is 0 Å². The highest BCUT2D eigenvalue weighted by Crippen LogP contribution is 2.15. The molecule has 1 aliphatic rings. The lowest BCUT2D eigenvalue weighted by Gasteiger charge is -2.14. The molecule has 1 fully saturated rings. The molecule has 0 radical (unpaired) electrons. The van der Waals surface area contributed by atoms with Crippen LogP contribution in [0.1, 0.15) is 18.7 Å². The Morgan fingerprint density at radius 2 is 1.94 bits per heavy atom. The molecule has 0 bridgehead atoms. The minimum absolute atomic E-state index is 0.146. The smallest absolute Gasteiger partial charge is 0.278 e. The Labute approximate surface area is 91.7 Å². The molecule has 1 saturated heterocycles. The Morgan fingerprint density at radius 3 is 2.69 bits per heavy atom. The summed E-state index contributed by atoms with van der Waals surface area (Å²) in [7, 11) is 0. The first-order valence-corrected chi connectivity index (χ1v) is 5.45. The molecule has 1 aliphatic heterocycles. The molecular weight excluding hydrogens is 206 g/mol. The minimum atomic E-state index is -0.146. The molecule has 2 aromatic rings. The van der Waals surface area contributed by atoms with Gasteiger partial charge in [-0.3, -0.25) is 9.78 Å². The lowest BCUT2D eigenvalue weighted by atomic mass is 10.4. The number of aromatic nitrogens is 4. The number of imidazole rings is 1. The number of nitrogens with zero attached hydrogens (tertiary/aromatic N) is 3. The van der Waals surface area contributed by atoms with Gasteiger partial charge in [0.15, 0.2) is 11.2 Å². The summed E-state index contributed by atoms with van der Waals surface area (Å²) in [4.78, 5) is 28.1. The van der Waals surface area contributed by atoms with Gasteiger partial charge in [-0.1, -0.05) is 0 Å². The van der Waals surface area contributed by atoms with E-state index in [0.29, 0.717) is 22.9 Å². The molecule has 0 unspecified atom stereocenters. The van der Waals surface area contributed by atoms with Crippen molar-refractivity contribution >= 4 is 17.1 Å². The first-order chi connectivity index (χ1) is 7.74. The fraction of sp³-hybridized carbons (Fsp3) is 0.500. The third-order valence-electron chi connectivity index (χ3n) is 2.87. The maximum absolute atomic E-state index is 11.8. The molecule has 0 aliphatic carbocycles. The van der Waals surface area contributed by atoms with Gasteiger partial charge in [0.25, 0.3) is 5.56 Å². The van der Waals surface area contributed by atoms with E-state index in [1.807, 2.05) is 6.92 Å². The number of hydrogen-bond donors (Lipinski definition) is 2. The van der Waals surface area contributed by atoms with Gasteiger partial charge in [-0.2, -0.15) is 4.98 Å². The molecule has 6 heteroatoms. The van der Waals surface area contributed by atoms with Gasteiger partial charge in [0.1, 0.15) is 5.82 Å². The van der Waals surface area contributed by atoms with Crippen molar-refractivity contribution in [2.24, 2.45) is 0 Å². The number of anilines is 1. The molecule has 2 N–H and O–H groups in total. The van der Waals surface area contributed by atoms with Gasteiger partial charge in [0.2, 0.25) is 5.95 Å². The first kappa shape index (κ1) is 9.38. The molecule has 6 nitrogen and oxygen atoms in total. The highest BCUT2D eigenvalue weighted by Gasteiger charge is 2.16. The molecule has 0 saturated carbocycles. The van der Waals surface area contributed by atoms with Crippen LogP contribution >= 0.6 is 0 Å². The molecule has 16 heavy (non-hydrogen) atoms. The van der Waals surface area contributed by atoms with E-state index < -0.39 is 0 Å². The van der Waals surface area contributed by atoms with E-state index in [-0.39, 0.29) is 5.56 Å². The Hall–Kier alpha value is -1.85. The Bertz CT molecular complexity index is 578. The van der Waals surface area contributed by atoms with Crippen molar-refractivity contribution in [3.05, 3.63) is 16.2 Å². The van der Waals surface area contributed by atoms with Crippen LogP contribution in [-0.2, 0) is 0 Å². The molecule has 0 amide bonds. The first-order valence-electron chi connectivity index (χ1n) is 5.45. The van der Waals surface area contributed by atoms with Gasteiger partial charge in [-0.15, -0.1) is 0 Å². The number of H-pyrrole nitrogens is 2. The zero-order chi connectivity index (χ0) is 11.1. The molecule has 3 heterocycles. The Morgan fingerprint density at radius 1 is 1.19 bits per heavy atom. The molecular formula is C10H13N5O. The molecule has 2 aromatic heterocycles. The van der Waals surface area contributed by atoms with Crippen LogP contribution in [-0.4, -0.2) is 33.0 Å². The number of fused-ring (bicyclic) bond motifs is 1. The highest BCUT2D eigenvalue weighted by molar-refractivity contribution is 5.70. The summed E-state index contributed by atoms with van der Waals surface area (Å²) in [5, 5.41) is 0. The molecule has 0 aromatic carbocycles. The van der Waals surface area contributed by atoms with Crippen LogP contribution < -0.4 is 10.5 Å². The molecule has 0 spiro atoms. The Kier molecular flexibility index (Phi) is 1.95. The monoisotopic (exact) mass is 219 g/mol. The normalized spacial score (nSPS) is 16.2. The summed E-state index contributed by atoms with van der Waals surface area (Å²) >= 11 is 0. The lowest BCUT2D eigenvalue weighted by molar-refractivity contribution is 0.898. The molecule has 84 valence electrons. The van der Waals surface area contributed by atoms with E-state index in [2.05, 4.69) is 24.8 Å². The minimum Gasteiger partial charge on any atom is -0.342 e. The Balaban J connectivity index is 2.16. The van der Waals surface area contributed by atoms with Crippen LogP contribution in [0.2, 0.25) is 0 Å².